The highest BCUT2D eigenvalue weighted by atomic mass is 79.9. The van der Waals surface area contributed by atoms with Crippen molar-refractivity contribution < 1.29 is 9.53 Å². The topological polar surface area (TPSA) is 76.1 Å². The Morgan fingerprint density at radius 2 is 1.92 bits per heavy atom. The van der Waals surface area contributed by atoms with Gasteiger partial charge in [0, 0.05) is 17.1 Å². The molecule has 0 aliphatic carbocycles. The summed E-state index contributed by atoms with van der Waals surface area (Å²) >= 11 is 3.50. The molecule has 0 fully saturated rings. The quantitative estimate of drug-likeness (QED) is 0.717. The van der Waals surface area contributed by atoms with E-state index in [9.17, 15) is 4.79 Å². The highest BCUT2D eigenvalue weighted by Crippen LogP contribution is 2.23. The number of carbonyl (C=O) groups is 1. The second kappa shape index (κ2) is 9.71. The number of aryl methyl sites for hydroxylation is 1. The number of alkyl carbamates (subject to hydrolysis) is 1. The van der Waals surface area contributed by atoms with Gasteiger partial charge in [-0.2, -0.15) is 0 Å². The van der Waals surface area contributed by atoms with Gasteiger partial charge in [0.15, 0.2) is 0 Å². The molecule has 1 atom stereocenters. The molecule has 1 amide bonds. The number of amides is 1. The van der Waals surface area contributed by atoms with Crippen LogP contribution in [0.5, 0.6) is 0 Å². The van der Waals surface area contributed by atoms with Crippen molar-refractivity contribution in [1.82, 2.24) is 15.3 Å². The molecule has 1 heterocycles. The molecule has 2 aromatic rings. The third-order valence-electron chi connectivity index (χ3n) is 3.15. The maximum atomic E-state index is 11.7. The number of benzene rings is 1. The maximum Gasteiger partial charge on any atom is 0.407 e. The molecule has 0 unspecified atom stereocenters. The van der Waals surface area contributed by atoms with Crippen molar-refractivity contribution in [3.63, 3.8) is 0 Å². The van der Waals surface area contributed by atoms with Gasteiger partial charge in [-0.05, 0) is 62.7 Å². The van der Waals surface area contributed by atoms with E-state index in [2.05, 4.69) is 36.5 Å². The van der Waals surface area contributed by atoms with Crippen LogP contribution >= 0.6 is 15.9 Å². The number of para-hydroxylation sites is 1. The minimum Gasteiger partial charge on any atom is -0.444 e. The normalized spacial score (nSPS) is 12.0. The Bertz CT molecular complexity index is 744. The first-order valence-electron chi connectivity index (χ1n) is 8.82. The second-order valence-corrected chi connectivity index (χ2v) is 7.55. The van der Waals surface area contributed by atoms with Crippen LogP contribution < -0.4 is 10.6 Å². The zero-order chi connectivity index (χ0) is 19.9. The van der Waals surface area contributed by atoms with Crippen molar-refractivity contribution >= 4 is 38.9 Å². The number of carbonyl (C=O) groups excluding carboxylic acids is 1. The third-order valence-corrected chi connectivity index (χ3v) is 3.79. The van der Waals surface area contributed by atoms with Gasteiger partial charge in [0.1, 0.15) is 16.9 Å². The van der Waals surface area contributed by atoms with Gasteiger partial charge < -0.3 is 15.4 Å². The summed E-state index contributed by atoms with van der Waals surface area (Å²) in [5.74, 6) is 0.702. The molecule has 0 saturated heterocycles. The van der Waals surface area contributed by atoms with Gasteiger partial charge in [-0.1, -0.05) is 19.9 Å². The molecule has 0 aliphatic rings. The number of nitrogens with one attached hydrogen (secondary N) is 2. The van der Waals surface area contributed by atoms with Crippen LogP contribution in [0.15, 0.2) is 22.7 Å². The van der Waals surface area contributed by atoms with E-state index in [1.165, 1.54) is 0 Å². The van der Waals surface area contributed by atoms with Crippen molar-refractivity contribution in [2.45, 2.75) is 60.1 Å². The van der Waals surface area contributed by atoms with Crippen LogP contribution in [0.1, 0.15) is 47.2 Å². The van der Waals surface area contributed by atoms with Crippen LogP contribution in [-0.2, 0) is 4.74 Å². The molecule has 1 aromatic carbocycles. The maximum absolute atomic E-state index is 11.7. The van der Waals surface area contributed by atoms with Gasteiger partial charge in [0.05, 0.1) is 11.2 Å². The van der Waals surface area contributed by atoms with Crippen molar-refractivity contribution in [2.24, 2.45) is 0 Å². The fourth-order valence-electron chi connectivity index (χ4n) is 2.10. The van der Waals surface area contributed by atoms with Gasteiger partial charge in [-0.25, -0.2) is 14.8 Å². The number of hydrogen-bond acceptors (Lipinski definition) is 5. The van der Waals surface area contributed by atoms with Gasteiger partial charge in [-0.15, -0.1) is 0 Å². The molecule has 144 valence electrons. The van der Waals surface area contributed by atoms with Crippen molar-refractivity contribution in [1.29, 1.82) is 0 Å². The molecule has 0 saturated carbocycles. The monoisotopic (exact) mass is 424 g/mol. The fourth-order valence-corrected chi connectivity index (χ4v) is 2.55. The van der Waals surface area contributed by atoms with E-state index in [4.69, 9.17) is 4.74 Å². The molecule has 0 bridgehead atoms. The van der Waals surface area contributed by atoms with E-state index in [-0.39, 0.29) is 6.04 Å². The molecule has 2 rings (SSSR count). The number of fused-ring (bicyclic) bond motifs is 1. The second-order valence-electron chi connectivity index (χ2n) is 6.69. The molecular weight excluding hydrogens is 396 g/mol. The van der Waals surface area contributed by atoms with E-state index in [0.29, 0.717) is 12.4 Å². The molecule has 0 radical (unpaired) electrons. The Morgan fingerprint density at radius 1 is 1.27 bits per heavy atom. The van der Waals surface area contributed by atoms with E-state index in [0.717, 1.165) is 21.2 Å². The summed E-state index contributed by atoms with van der Waals surface area (Å²) in [6, 6.07) is 5.77. The van der Waals surface area contributed by atoms with Crippen LogP contribution in [0.25, 0.3) is 11.0 Å². The largest absolute Gasteiger partial charge is 0.444 e. The van der Waals surface area contributed by atoms with Gasteiger partial charge >= 0.3 is 6.09 Å². The molecule has 0 spiro atoms. The summed E-state index contributed by atoms with van der Waals surface area (Å²) < 4.78 is 6.12. The number of halogens is 1. The highest BCUT2D eigenvalue weighted by Gasteiger charge is 2.17. The van der Waals surface area contributed by atoms with Crippen LogP contribution in [0.2, 0.25) is 0 Å². The number of nitrogens with zero attached hydrogens (tertiary/aromatic N) is 2. The number of hydrogen-bond donors (Lipinski definition) is 2. The first-order chi connectivity index (χ1) is 12.2. The standard InChI is InChI=1S/C17H23BrN4O2.C2H6/c1-10(9-19-16(23)24-17(3,4)5)20-15-11(2)21-13-8-6-7-12(18)14(13)22-15;1-2/h6-8,10H,9H2,1-5H3,(H,19,23)(H,20,22);1-2H3/t10-;/m1./s1. The lowest BCUT2D eigenvalue weighted by molar-refractivity contribution is 0.0526. The van der Waals surface area contributed by atoms with E-state index in [1.807, 2.05) is 66.7 Å². The van der Waals surface area contributed by atoms with Gasteiger partial charge in [-0.3, -0.25) is 0 Å². The van der Waals surface area contributed by atoms with E-state index < -0.39 is 11.7 Å². The summed E-state index contributed by atoms with van der Waals surface area (Å²) in [6.45, 7) is 13.8. The average Bonchev–Trinajstić information content (AvgIpc) is 2.55. The van der Waals surface area contributed by atoms with E-state index >= 15 is 0 Å². The van der Waals surface area contributed by atoms with Crippen LogP contribution in [0.4, 0.5) is 10.6 Å². The molecule has 7 heteroatoms. The number of anilines is 1. The Kier molecular flexibility index (Phi) is 8.27. The smallest absolute Gasteiger partial charge is 0.407 e. The fraction of sp³-hybridized carbons (Fsp3) is 0.526. The molecule has 0 aliphatic heterocycles. The predicted molar refractivity (Wildman–Crippen MR) is 111 cm³/mol. The van der Waals surface area contributed by atoms with Crippen LogP contribution in [0, 0.1) is 6.92 Å². The summed E-state index contributed by atoms with van der Waals surface area (Å²) in [5.41, 5.74) is 1.95. The minimum atomic E-state index is -0.507. The zero-order valence-corrected chi connectivity index (χ0v) is 18.2. The molecule has 1 aromatic heterocycles. The third kappa shape index (κ3) is 6.78. The van der Waals surface area contributed by atoms with E-state index in [1.54, 1.807) is 0 Å². The lowest BCUT2D eigenvalue weighted by Gasteiger charge is -2.21. The summed E-state index contributed by atoms with van der Waals surface area (Å²) in [5, 5.41) is 6.03. The molecular formula is C19H29BrN4O2. The van der Waals surface area contributed by atoms with Gasteiger partial charge in [0.2, 0.25) is 0 Å². The predicted octanol–water partition coefficient (Wildman–Crippen LogP) is 5.05. The first kappa shape index (κ1) is 22.2. The number of aromatic nitrogens is 2. The Labute approximate surface area is 164 Å². The summed E-state index contributed by atoms with van der Waals surface area (Å²) in [7, 11) is 0. The summed E-state index contributed by atoms with van der Waals surface area (Å²) in [4.78, 5) is 20.9. The molecule has 26 heavy (non-hydrogen) atoms. The van der Waals surface area contributed by atoms with Crippen LogP contribution in [-0.4, -0.2) is 34.2 Å². The molecule has 6 nitrogen and oxygen atoms in total. The Hall–Kier alpha value is -1.89. The lowest BCUT2D eigenvalue weighted by Crippen LogP contribution is -2.38. The van der Waals surface area contributed by atoms with Crippen molar-refractivity contribution in [3.8, 4) is 0 Å². The zero-order valence-electron chi connectivity index (χ0n) is 16.6. The van der Waals surface area contributed by atoms with Crippen molar-refractivity contribution in [2.75, 3.05) is 11.9 Å². The Morgan fingerprint density at radius 3 is 2.54 bits per heavy atom. The summed E-state index contributed by atoms with van der Waals surface area (Å²) in [6.07, 6.45) is -0.430. The Balaban J connectivity index is 0.00000163. The molecule has 2 N–H and O–H groups in total. The first-order valence-corrected chi connectivity index (χ1v) is 9.61. The van der Waals surface area contributed by atoms with Gasteiger partial charge in [0.25, 0.3) is 0 Å². The number of ether oxygens (including phenoxy) is 1. The highest BCUT2D eigenvalue weighted by molar-refractivity contribution is 9.10. The lowest BCUT2D eigenvalue weighted by atomic mass is 10.2. The minimum absolute atomic E-state index is 0.0227. The van der Waals surface area contributed by atoms with Crippen LogP contribution in [0.3, 0.4) is 0 Å². The SMILES string of the molecule is CC.Cc1nc2cccc(Br)c2nc1N[C@H](C)CNC(=O)OC(C)(C)C. The average molecular weight is 425 g/mol. The van der Waals surface area contributed by atoms with Crippen molar-refractivity contribution in [3.05, 3.63) is 28.4 Å². The number of rotatable bonds is 4.